The van der Waals surface area contributed by atoms with Gasteiger partial charge in [-0.05, 0) is 48.9 Å². The van der Waals surface area contributed by atoms with Crippen LogP contribution in [0, 0.1) is 6.92 Å². The van der Waals surface area contributed by atoms with E-state index in [4.69, 9.17) is 0 Å². The van der Waals surface area contributed by atoms with Gasteiger partial charge in [0.1, 0.15) is 0 Å². The number of aryl methyl sites for hydroxylation is 1. The molecular weight excluding hydrogens is 348 g/mol. The third-order valence-electron chi connectivity index (χ3n) is 3.38. The van der Waals surface area contributed by atoms with E-state index in [1.807, 2.05) is 13.0 Å². The molecule has 2 aromatic rings. The number of benzene rings is 2. The standard InChI is InChI=1S/C19H20N4O4/c1-12-4-3-5-16(10-12)22-17(25)11-20-18(26)19(27)23-15-8-6-14(7-9-15)21-13(2)24/h3-10H,11H2,1-2H3,(H,20,26)(H,21,24)(H,22,25)(H,23,27). The minimum atomic E-state index is -0.930. The van der Waals surface area contributed by atoms with Gasteiger partial charge in [0, 0.05) is 24.0 Å². The molecule has 0 bridgehead atoms. The van der Waals surface area contributed by atoms with E-state index in [9.17, 15) is 19.2 Å². The van der Waals surface area contributed by atoms with Gasteiger partial charge in [0.2, 0.25) is 11.8 Å². The fraction of sp³-hybridized carbons (Fsp3) is 0.158. The van der Waals surface area contributed by atoms with Gasteiger partial charge >= 0.3 is 11.8 Å². The Hall–Kier alpha value is -3.68. The first-order valence-corrected chi connectivity index (χ1v) is 8.17. The maximum atomic E-state index is 11.9. The minimum Gasteiger partial charge on any atom is -0.339 e. The van der Waals surface area contributed by atoms with Crippen LogP contribution in [-0.2, 0) is 19.2 Å². The molecule has 8 heteroatoms. The lowest BCUT2D eigenvalue weighted by Gasteiger charge is -2.08. The number of carbonyl (C=O) groups is 4. The number of amides is 4. The minimum absolute atomic E-state index is 0.213. The summed E-state index contributed by atoms with van der Waals surface area (Å²) in [5, 5.41) is 9.88. The molecule has 4 N–H and O–H groups in total. The fourth-order valence-corrected chi connectivity index (χ4v) is 2.20. The summed E-state index contributed by atoms with van der Waals surface area (Å²) in [7, 11) is 0. The highest BCUT2D eigenvalue weighted by atomic mass is 16.2. The monoisotopic (exact) mass is 368 g/mol. The topological polar surface area (TPSA) is 116 Å². The van der Waals surface area contributed by atoms with Gasteiger partial charge in [0.25, 0.3) is 0 Å². The summed E-state index contributed by atoms with van der Waals surface area (Å²) in [5.74, 6) is -2.48. The molecule has 8 nitrogen and oxygen atoms in total. The molecule has 0 saturated carbocycles. The first-order valence-electron chi connectivity index (χ1n) is 8.17. The Balaban J connectivity index is 1.80. The van der Waals surface area contributed by atoms with Crippen LogP contribution in [0.1, 0.15) is 12.5 Å². The van der Waals surface area contributed by atoms with Gasteiger partial charge in [0.05, 0.1) is 6.54 Å². The molecule has 0 aliphatic rings. The molecule has 0 aliphatic carbocycles. The first-order chi connectivity index (χ1) is 12.8. The molecule has 27 heavy (non-hydrogen) atoms. The summed E-state index contributed by atoms with van der Waals surface area (Å²) in [4.78, 5) is 46.5. The van der Waals surface area contributed by atoms with E-state index >= 15 is 0 Å². The second-order valence-corrected chi connectivity index (χ2v) is 5.81. The van der Waals surface area contributed by atoms with Gasteiger partial charge in [0.15, 0.2) is 0 Å². The van der Waals surface area contributed by atoms with E-state index in [-0.39, 0.29) is 12.5 Å². The average Bonchev–Trinajstić information content (AvgIpc) is 2.61. The van der Waals surface area contributed by atoms with Crippen molar-refractivity contribution in [1.29, 1.82) is 0 Å². The molecule has 0 fully saturated rings. The second kappa shape index (κ2) is 9.14. The molecule has 2 rings (SSSR count). The molecule has 140 valence electrons. The van der Waals surface area contributed by atoms with Crippen molar-refractivity contribution >= 4 is 40.7 Å². The lowest BCUT2D eigenvalue weighted by atomic mass is 10.2. The maximum Gasteiger partial charge on any atom is 0.313 e. The zero-order valence-corrected chi connectivity index (χ0v) is 15.0. The van der Waals surface area contributed by atoms with Crippen LogP contribution in [0.15, 0.2) is 48.5 Å². The summed E-state index contributed by atoms with van der Waals surface area (Å²) < 4.78 is 0. The SMILES string of the molecule is CC(=O)Nc1ccc(NC(=O)C(=O)NCC(=O)Nc2cccc(C)c2)cc1. The molecule has 0 unspecified atom stereocenters. The van der Waals surface area contributed by atoms with Crippen LogP contribution in [0.2, 0.25) is 0 Å². The van der Waals surface area contributed by atoms with E-state index in [1.165, 1.54) is 6.92 Å². The summed E-state index contributed by atoms with van der Waals surface area (Å²) in [6.45, 7) is 2.95. The number of hydrogen-bond donors (Lipinski definition) is 4. The Morgan fingerprint density at radius 1 is 0.778 bits per heavy atom. The smallest absolute Gasteiger partial charge is 0.313 e. The Morgan fingerprint density at radius 2 is 1.41 bits per heavy atom. The zero-order valence-electron chi connectivity index (χ0n) is 15.0. The van der Waals surface area contributed by atoms with Crippen molar-refractivity contribution in [2.24, 2.45) is 0 Å². The van der Waals surface area contributed by atoms with Gasteiger partial charge in [-0.15, -0.1) is 0 Å². The number of nitrogens with one attached hydrogen (secondary N) is 4. The Labute approximate surface area is 156 Å². The summed E-state index contributed by atoms with van der Waals surface area (Å²) in [5.41, 5.74) is 2.55. The van der Waals surface area contributed by atoms with E-state index in [0.29, 0.717) is 17.1 Å². The quantitative estimate of drug-likeness (QED) is 0.600. The first kappa shape index (κ1) is 19.6. The average molecular weight is 368 g/mol. The lowest BCUT2D eigenvalue weighted by molar-refractivity contribution is -0.136. The van der Waals surface area contributed by atoms with Crippen LogP contribution in [0.5, 0.6) is 0 Å². The van der Waals surface area contributed by atoms with Crippen LogP contribution >= 0.6 is 0 Å². The van der Waals surface area contributed by atoms with Gasteiger partial charge in [-0.25, -0.2) is 0 Å². The molecule has 4 amide bonds. The summed E-state index contributed by atoms with van der Waals surface area (Å²) >= 11 is 0. The van der Waals surface area contributed by atoms with Crippen LogP contribution in [0.4, 0.5) is 17.1 Å². The normalized spacial score (nSPS) is 9.85. The number of anilines is 3. The van der Waals surface area contributed by atoms with Crippen LogP contribution in [0.25, 0.3) is 0 Å². The highest BCUT2D eigenvalue weighted by molar-refractivity contribution is 6.39. The largest absolute Gasteiger partial charge is 0.339 e. The fourth-order valence-electron chi connectivity index (χ4n) is 2.20. The van der Waals surface area contributed by atoms with Crippen LogP contribution < -0.4 is 21.3 Å². The van der Waals surface area contributed by atoms with Crippen LogP contribution in [0.3, 0.4) is 0 Å². The van der Waals surface area contributed by atoms with Crippen molar-refractivity contribution in [3.63, 3.8) is 0 Å². The van der Waals surface area contributed by atoms with Gasteiger partial charge in [-0.2, -0.15) is 0 Å². The molecule has 0 heterocycles. The number of rotatable bonds is 5. The Kier molecular flexibility index (Phi) is 6.65. The highest BCUT2D eigenvalue weighted by Crippen LogP contribution is 2.13. The predicted octanol–water partition coefficient (Wildman–Crippen LogP) is 1.65. The van der Waals surface area contributed by atoms with Crippen molar-refractivity contribution in [3.8, 4) is 0 Å². The van der Waals surface area contributed by atoms with E-state index in [1.54, 1.807) is 42.5 Å². The van der Waals surface area contributed by atoms with E-state index in [2.05, 4.69) is 21.3 Å². The predicted molar refractivity (Wildman–Crippen MR) is 102 cm³/mol. The van der Waals surface area contributed by atoms with Crippen LogP contribution in [-0.4, -0.2) is 30.2 Å². The third kappa shape index (κ3) is 6.62. The molecule has 2 aromatic carbocycles. The van der Waals surface area contributed by atoms with Gasteiger partial charge < -0.3 is 21.3 Å². The van der Waals surface area contributed by atoms with Crippen molar-refractivity contribution < 1.29 is 19.2 Å². The molecule has 0 radical (unpaired) electrons. The molecular formula is C19H20N4O4. The second-order valence-electron chi connectivity index (χ2n) is 5.81. The summed E-state index contributed by atoms with van der Waals surface area (Å²) in [6.07, 6.45) is 0. The zero-order chi connectivity index (χ0) is 19.8. The van der Waals surface area contributed by atoms with Crippen molar-refractivity contribution in [3.05, 3.63) is 54.1 Å². The maximum absolute atomic E-state index is 11.9. The number of hydrogen-bond acceptors (Lipinski definition) is 4. The molecule has 0 atom stereocenters. The van der Waals surface area contributed by atoms with Crippen molar-refractivity contribution in [1.82, 2.24) is 5.32 Å². The van der Waals surface area contributed by atoms with E-state index in [0.717, 1.165) is 5.56 Å². The Bertz CT molecular complexity index is 862. The van der Waals surface area contributed by atoms with Crippen molar-refractivity contribution in [2.75, 3.05) is 22.5 Å². The molecule has 0 saturated heterocycles. The summed E-state index contributed by atoms with van der Waals surface area (Å²) in [6, 6.07) is 13.5. The van der Waals surface area contributed by atoms with Gasteiger partial charge in [-0.3, -0.25) is 19.2 Å². The molecule has 0 aliphatic heterocycles. The molecule has 0 aromatic heterocycles. The van der Waals surface area contributed by atoms with E-state index < -0.39 is 17.7 Å². The third-order valence-corrected chi connectivity index (χ3v) is 3.38. The van der Waals surface area contributed by atoms with Crippen molar-refractivity contribution in [2.45, 2.75) is 13.8 Å². The number of carbonyl (C=O) groups excluding carboxylic acids is 4. The highest BCUT2D eigenvalue weighted by Gasteiger charge is 2.15. The Morgan fingerprint density at radius 3 is 2.00 bits per heavy atom. The lowest BCUT2D eigenvalue weighted by Crippen LogP contribution is -2.39. The molecule has 0 spiro atoms. The van der Waals surface area contributed by atoms with Gasteiger partial charge in [-0.1, -0.05) is 12.1 Å².